The second-order valence-corrected chi connectivity index (χ2v) is 8.86. The highest BCUT2D eigenvalue weighted by molar-refractivity contribution is 9.10. The van der Waals surface area contributed by atoms with Crippen LogP contribution in [0.3, 0.4) is 0 Å². The van der Waals surface area contributed by atoms with Crippen molar-refractivity contribution < 1.29 is 23.8 Å². The minimum atomic E-state index is -0.744. The van der Waals surface area contributed by atoms with Gasteiger partial charge in [-0.05, 0) is 71.4 Å². The topological polar surface area (TPSA) is 98.2 Å². The van der Waals surface area contributed by atoms with Crippen LogP contribution in [0.1, 0.15) is 38.3 Å². The van der Waals surface area contributed by atoms with E-state index in [0.717, 1.165) is 5.56 Å². The van der Waals surface area contributed by atoms with Crippen LogP contribution >= 0.6 is 15.9 Å². The summed E-state index contributed by atoms with van der Waals surface area (Å²) in [7, 11) is 1.55. The number of rotatable bonds is 12. The van der Waals surface area contributed by atoms with Crippen LogP contribution in [0.2, 0.25) is 0 Å². The average Bonchev–Trinajstić information content (AvgIpc) is 2.79. The molecule has 0 unspecified atom stereocenters. The molecule has 0 saturated heterocycles. The summed E-state index contributed by atoms with van der Waals surface area (Å²) in [5.74, 6) is 1.16. The van der Waals surface area contributed by atoms with Crippen molar-refractivity contribution in [3.63, 3.8) is 0 Å². The first-order chi connectivity index (χ1) is 16.2. The van der Waals surface area contributed by atoms with Gasteiger partial charge in [0.05, 0.1) is 24.4 Å². The normalized spacial score (nSPS) is 11.9. The van der Waals surface area contributed by atoms with Crippen LogP contribution in [0, 0.1) is 12.8 Å². The maximum absolute atomic E-state index is 12.7. The van der Waals surface area contributed by atoms with Crippen LogP contribution < -0.4 is 25.0 Å². The highest BCUT2D eigenvalue weighted by Gasteiger charge is 2.22. The molecule has 2 aromatic rings. The molecule has 0 aliphatic carbocycles. The van der Waals surface area contributed by atoms with Gasteiger partial charge in [-0.3, -0.25) is 9.59 Å². The molecule has 9 heteroatoms. The number of carbonyl (C=O) groups is 2. The van der Waals surface area contributed by atoms with Gasteiger partial charge in [-0.1, -0.05) is 32.0 Å². The van der Waals surface area contributed by atoms with Crippen molar-refractivity contribution in [2.45, 2.75) is 40.2 Å². The summed E-state index contributed by atoms with van der Waals surface area (Å²) >= 11 is 3.46. The monoisotopic (exact) mass is 533 g/mol. The van der Waals surface area contributed by atoms with E-state index < -0.39 is 11.9 Å². The van der Waals surface area contributed by atoms with Crippen molar-refractivity contribution >= 4 is 34.0 Å². The number of aryl methyl sites for hydroxylation is 1. The number of hydrazone groups is 1. The van der Waals surface area contributed by atoms with Crippen molar-refractivity contribution in [2.75, 3.05) is 20.3 Å². The summed E-state index contributed by atoms with van der Waals surface area (Å²) in [6, 6.07) is 10.2. The fourth-order valence-electron chi connectivity index (χ4n) is 3.15. The lowest BCUT2D eigenvalue weighted by Crippen LogP contribution is -2.47. The van der Waals surface area contributed by atoms with Gasteiger partial charge in [-0.2, -0.15) is 5.10 Å². The Bertz CT molecular complexity index is 1010. The van der Waals surface area contributed by atoms with Crippen molar-refractivity contribution in [2.24, 2.45) is 11.0 Å². The van der Waals surface area contributed by atoms with Crippen LogP contribution in [0.15, 0.2) is 46.0 Å². The summed E-state index contributed by atoms with van der Waals surface area (Å²) in [5.41, 5.74) is 4.14. The number of para-hydroxylation sites is 1. The first-order valence-corrected chi connectivity index (χ1v) is 11.8. The van der Waals surface area contributed by atoms with E-state index in [1.807, 2.05) is 45.9 Å². The number of nitrogens with one attached hydrogen (secondary N) is 2. The quantitative estimate of drug-likeness (QED) is 0.314. The van der Waals surface area contributed by atoms with Gasteiger partial charge in [-0.15, -0.1) is 0 Å². The largest absolute Gasteiger partial charge is 0.493 e. The molecule has 0 bridgehead atoms. The predicted octanol–water partition coefficient (Wildman–Crippen LogP) is 4.22. The maximum Gasteiger partial charge on any atom is 0.262 e. The third-order valence-electron chi connectivity index (χ3n) is 4.74. The van der Waals surface area contributed by atoms with Crippen LogP contribution in [-0.2, 0) is 9.59 Å². The third kappa shape index (κ3) is 8.37. The maximum atomic E-state index is 12.7. The van der Waals surface area contributed by atoms with E-state index in [-0.39, 0.29) is 18.4 Å². The molecule has 0 aliphatic rings. The van der Waals surface area contributed by atoms with Crippen molar-refractivity contribution in [3.05, 3.63) is 52.0 Å². The number of halogens is 1. The van der Waals surface area contributed by atoms with Crippen LogP contribution in [0.4, 0.5) is 0 Å². The number of benzene rings is 2. The van der Waals surface area contributed by atoms with Crippen molar-refractivity contribution in [1.82, 2.24) is 10.7 Å². The molecule has 184 valence electrons. The van der Waals surface area contributed by atoms with E-state index in [9.17, 15) is 9.59 Å². The molecule has 2 N–H and O–H groups in total. The van der Waals surface area contributed by atoms with Crippen molar-refractivity contribution in [3.8, 4) is 17.2 Å². The Morgan fingerprint density at radius 1 is 1.15 bits per heavy atom. The summed E-state index contributed by atoms with van der Waals surface area (Å²) in [6.45, 7) is 8.05. The number of amides is 2. The second-order valence-electron chi connectivity index (χ2n) is 8.01. The molecular formula is C25H32BrN3O5. The Hall–Kier alpha value is -3.07. The Morgan fingerprint density at radius 2 is 1.88 bits per heavy atom. The Labute approximate surface area is 209 Å². The molecule has 1 atom stereocenters. The zero-order valence-corrected chi connectivity index (χ0v) is 21.8. The first kappa shape index (κ1) is 27.2. The summed E-state index contributed by atoms with van der Waals surface area (Å²) in [4.78, 5) is 25.2. The summed E-state index contributed by atoms with van der Waals surface area (Å²) in [6.07, 6.45) is 1.95. The lowest BCUT2D eigenvalue weighted by molar-refractivity contribution is -0.130. The Kier molecular flexibility index (Phi) is 10.9. The van der Waals surface area contributed by atoms with Crippen LogP contribution in [0.25, 0.3) is 0 Å². The molecule has 0 aromatic heterocycles. The number of carbonyl (C=O) groups excluding carboxylic acids is 2. The van der Waals surface area contributed by atoms with E-state index in [1.165, 1.54) is 6.21 Å². The zero-order chi connectivity index (χ0) is 25.1. The summed E-state index contributed by atoms with van der Waals surface area (Å²) < 4.78 is 17.2. The fourth-order valence-corrected chi connectivity index (χ4v) is 3.72. The van der Waals surface area contributed by atoms with Gasteiger partial charge in [0.1, 0.15) is 11.8 Å². The molecule has 0 fully saturated rings. The van der Waals surface area contributed by atoms with Gasteiger partial charge in [0.15, 0.2) is 18.1 Å². The molecule has 0 aliphatic heterocycles. The van der Waals surface area contributed by atoms with Crippen LogP contribution in [0.5, 0.6) is 17.2 Å². The fraction of sp³-hybridized carbons (Fsp3) is 0.400. The zero-order valence-electron chi connectivity index (χ0n) is 20.2. The van der Waals surface area contributed by atoms with E-state index in [4.69, 9.17) is 14.2 Å². The molecular weight excluding hydrogens is 502 g/mol. The average molecular weight is 534 g/mol. The van der Waals surface area contributed by atoms with Gasteiger partial charge in [0.25, 0.3) is 11.8 Å². The molecule has 0 radical (unpaired) electrons. The predicted molar refractivity (Wildman–Crippen MR) is 136 cm³/mol. The molecule has 2 aromatic carbocycles. The van der Waals surface area contributed by atoms with Gasteiger partial charge >= 0.3 is 0 Å². The molecule has 2 amide bonds. The lowest BCUT2D eigenvalue weighted by Gasteiger charge is -2.19. The standard InChI is InChI=1S/C25H32BrN3O5/c1-6-33-24-19(26)12-18(13-22(24)32-5)14-27-29-25(31)20(11-16(2)3)28-23(30)15-34-21-10-8-7-9-17(21)4/h7-10,12-14,16,20H,6,11,15H2,1-5H3,(H,28,30)(H,29,31)/b27-14-/t20-/m0/s1. The van der Waals surface area contributed by atoms with E-state index in [0.29, 0.717) is 40.3 Å². The number of ether oxygens (including phenoxy) is 3. The first-order valence-electron chi connectivity index (χ1n) is 11.1. The van der Waals surface area contributed by atoms with Gasteiger partial charge in [0.2, 0.25) is 0 Å². The SMILES string of the molecule is CCOc1c(Br)cc(/C=N\NC(=O)[C@H](CC(C)C)NC(=O)COc2ccccc2C)cc1OC. The molecule has 34 heavy (non-hydrogen) atoms. The Balaban J connectivity index is 2.00. The van der Waals surface area contributed by atoms with E-state index in [2.05, 4.69) is 31.8 Å². The minimum absolute atomic E-state index is 0.184. The van der Waals surface area contributed by atoms with E-state index in [1.54, 1.807) is 25.3 Å². The Morgan fingerprint density at radius 3 is 2.53 bits per heavy atom. The number of hydrogen-bond acceptors (Lipinski definition) is 6. The third-order valence-corrected chi connectivity index (χ3v) is 5.33. The van der Waals surface area contributed by atoms with E-state index >= 15 is 0 Å². The van der Waals surface area contributed by atoms with Gasteiger partial charge < -0.3 is 19.5 Å². The smallest absolute Gasteiger partial charge is 0.262 e. The van der Waals surface area contributed by atoms with Crippen molar-refractivity contribution in [1.29, 1.82) is 0 Å². The molecule has 0 spiro atoms. The highest BCUT2D eigenvalue weighted by atomic mass is 79.9. The highest BCUT2D eigenvalue weighted by Crippen LogP contribution is 2.36. The molecule has 8 nitrogen and oxygen atoms in total. The number of nitrogens with zero attached hydrogens (tertiary/aromatic N) is 1. The van der Waals surface area contributed by atoms with Gasteiger partial charge in [-0.25, -0.2) is 5.43 Å². The lowest BCUT2D eigenvalue weighted by atomic mass is 10.0. The van der Waals surface area contributed by atoms with Crippen LogP contribution in [-0.4, -0.2) is 44.4 Å². The molecule has 0 saturated carbocycles. The summed E-state index contributed by atoms with van der Waals surface area (Å²) in [5, 5.41) is 6.79. The number of hydrogen-bond donors (Lipinski definition) is 2. The number of methoxy groups -OCH3 is 1. The second kappa shape index (κ2) is 13.6. The minimum Gasteiger partial charge on any atom is -0.493 e. The molecule has 2 rings (SSSR count). The molecule has 0 heterocycles. The van der Waals surface area contributed by atoms with Gasteiger partial charge in [0, 0.05) is 0 Å².